The summed E-state index contributed by atoms with van der Waals surface area (Å²) < 4.78 is 0. The van der Waals surface area contributed by atoms with E-state index in [1.807, 2.05) is 6.07 Å². The molecule has 0 spiro atoms. The number of amides is 5. The number of piperidine rings is 1. The Morgan fingerprint density at radius 3 is 2.58 bits per heavy atom. The molecule has 5 amide bonds. The van der Waals surface area contributed by atoms with E-state index in [2.05, 4.69) is 25.4 Å². The summed E-state index contributed by atoms with van der Waals surface area (Å²) in [5.41, 5.74) is 7.43. The fourth-order valence-corrected chi connectivity index (χ4v) is 4.77. The van der Waals surface area contributed by atoms with Gasteiger partial charge in [0.1, 0.15) is 11.7 Å². The maximum Gasteiger partial charge on any atom is 0.267 e. The van der Waals surface area contributed by atoms with Crippen LogP contribution in [0.15, 0.2) is 36.5 Å². The molecule has 1 aromatic heterocycles. The molecule has 1 aromatic carbocycles. The summed E-state index contributed by atoms with van der Waals surface area (Å²) in [5.74, 6) is -2.69. The molecule has 36 heavy (non-hydrogen) atoms. The highest BCUT2D eigenvalue weighted by Crippen LogP contribution is 2.32. The number of nitrogens with zero attached hydrogens (tertiary/aromatic N) is 4. The lowest BCUT2D eigenvalue weighted by molar-refractivity contribution is -0.136. The van der Waals surface area contributed by atoms with Crippen LogP contribution in [-0.2, 0) is 9.59 Å². The summed E-state index contributed by atoms with van der Waals surface area (Å²) in [6.07, 6.45) is 1.75. The van der Waals surface area contributed by atoms with Gasteiger partial charge in [-0.05, 0) is 30.7 Å². The molecule has 0 aliphatic carbocycles. The Kier molecular flexibility index (Phi) is 6.10. The standard InChI is InChI=1S/C24H25N7O5/c25-21(33)17-12-14(6-7-26-17)30-10-8-29(9-11-30)13-27-16-3-1-2-15-20(16)24(36)31(23(15)35)18-4-5-19(32)28-22(18)34/h1-3,6-7,12,18,27H,4-5,8-11,13H2,(H2,25,33)(H,28,32,34)/t18-/m0/s1. The second-order valence-electron chi connectivity index (χ2n) is 8.88. The Bertz CT molecular complexity index is 1270. The topological polar surface area (TPSA) is 158 Å². The summed E-state index contributed by atoms with van der Waals surface area (Å²) in [6, 6.07) is 7.51. The summed E-state index contributed by atoms with van der Waals surface area (Å²) in [6.45, 7) is 3.35. The Labute approximate surface area is 206 Å². The molecule has 0 radical (unpaired) electrons. The minimum Gasteiger partial charge on any atom is -0.372 e. The number of piperazine rings is 1. The highest BCUT2D eigenvalue weighted by atomic mass is 16.2. The van der Waals surface area contributed by atoms with Crippen molar-refractivity contribution in [3.63, 3.8) is 0 Å². The van der Waals surface area contributed by atoms with E-state index in [4.69, 9.17) is 5.73 Å². The number of carbonyl (C=O) groups is 5. The molecule has 186 valence electrons. The average Bonchev–Trinajstić information content (AvgIpc) is 3.13. The number of nitrogens with one attached hydrogen (secondary N) is 2. The molecule has 2 saturated heterocycles. The van der Waals surface area contributed by atoms with Crippen LogP contribution < -0.4 is 21.3 Å². The number of rotatable bonds is 6. The molecule has 3 aliphatic rings. The zero-order valence-corrected chi connectivity index (χ0v) is 19.4. The predicted octanol–water partition coefficient (Wildman–Crippen LogP) is -0.227. The second-order valence-corrected chi connectivity index (χ2v) is 8.88. The number of carbonyl (C=O) groups excluding carboxylic acids is 5. The monoisotopic (exact) mass is 491 g/mol. The van der Waals surface area contributed by atoms with Gasteiger partial charge in [0.05, 0.1) is 17.8 Å². The molecule has 4 heterocycles. The van der Waals surface area contributed by atoms with Crippen LogP contribution in [0, 0.1) is 0 Å². The average molecular weight is 492 g/mol. The highest BCUT2D eigenvalue weighted by molar-refractivity contribution is 6.25. The summed E-state index contributed by atoms with van der Waals surface area (Å²) in [7, 11) is 0. The number of imide groups is 2. The molecule has 4 N–H and O–H groups in total. The lowest BCUT2D eigenvalue weighted by Crippen LogP contribution is -2.54. The van der Waals surface area contributed by atoms with Gasteiger partial charge in [0.25, 0.3) is 17.7 Å². The molecule has 12 nitrogen and oxygen atoms in total. The van der Waals surface area contributed by atoms with Gasteiger partial charge in [-0.15, -0.1) is 0 Å². The fourth-order valence-electron chi connectivity index (χ4n) is 4.77. The number of anilines is 2. The van der Waals surface area contributed by atoms with Crippen LogP contribution in [-0.4, -0.2) is 83.2 Å². The van der Waals surface area contributed by atoms with Gasteiger partial charge in [-0.3, -0.25) is 44.1 Å². The molecule has 3 aliphatic heterocycles. The summed E-state index contributed by atoms with van der Waals surface area (Å²) >= 11 is 0. The SMILES string of the molecule is NC(=O)c1cc(N2CCN(CNc3cccc4c3C(=O)N([C@H]3CCC(=O)NC3=O)C4=O)CC2)ccn1. The molecule has 2 aromatic rings. The van der Waals surface area contributed by atoms with Crippen molar-refractivity contribution < 1.29 is 24.0 Å². The van der Waals surface area contributed by atoms with Gasteiger partial charge in [-0.2, -0.15) is 0 Å². The normalized spacial score (nSPS) is 20.4. The zero-order valence-electron chi connectivity index (χ0n) is 19.4. The van der Waals surface area contributed by atoms with Crippen molar-refractivity contribution in [2.24, 2.45) is 5.73 Å². The number of aromatic nitrogens is 1. The quantitative estimate of drug-likeness (QED) is 0.464. The van der Waals surface area contributed by atoms with Gasteiger partial charge >= 0.3 is 0 Å². The van der Waals surface area contributed by atoms with Crippen LogP contribution in [0.5, 0.6) is 0 Å². The lowest BCUT2D eigenvalue weighted by Gasteiger charge is -2.36. The van der Waals surface area contributed by atoms with Gasteiger partial charge < -0.3 is 16.0 Å². The van der Waals surface area contributed by atoms with E-state index in [1.165, 1.54) is 0 Å². The van der Waals surface area contributed by atoms with Gasteiger partial charge in [0.15, 0.2) is 0 Å². The van der Waals surface area contributed by atoms with E-state index in [1.54, 1.807) is 30.5 Å². The molecule has 5 rings (SSSR count). The van der Waals surface area contributed by atoms with Crippen molar-refractivity contribution in [2.75, 3.05) is 43.1 Å². The number of pyridine rings is 1. The number of fused-ring (bicyclic) bond motifs is 1. The predicted molar refractivity (Wildman–Crippen MR) is 128 cm³/mol. The molecule has 0 unspecified atom stereocenters. The van der Waals surface area contributed by atoms with Crippen LogP contribution >= 0.6 is 0 Å². The van der Waals surface area contributed by atoms with Crippen molar-refractivity contribution >= 4 is 40.9 Å². The van der Waals surface area contributed by atoms with Crippen molar-refractivity contribution in [2.45, 2.75) is 18.9 Å². The molecular weight excluding hydrogens is 466 g/mol. The van der Waals surface area contributed by atoms with Gasteiger partial charge in [0, 0.05) is 50.2 Å². The third-order valence-corrected chi connectivity index (χ3v) is 6.69. The number of nitrogens with two attached hydrogens (primary N) is 1. The van der Waals surface area contributed by atoms with Crippen LogP contribution in [0.2, 0.25) is 0 Å². The van der Waals surface area contributed by atoms with Crippen LogP contribution in [0.4, 0.5) is 11.4 Å². The van der Waals surface area contributed by atoms with E-state index >= 15 is 0 Å². The second kappa shape index (κ2) is 9.38. The lowest BCUT2D eigenvalue weighted by atomic mass is 10.0. The Morgan fingerprint density at radius 1 is 1.08 bits per heavy atom. The highest BCUT2D eigenvalue weighted by Gasteiger charge is 2.45. The summed E-state index contributed by atoms with van der Waals surface area (Å²) in [4.78, 5) is 70.7. The van der Waals surface area contributed by atoms with Crippen molar-refractivity contribution in [1.82, 2.24) is 20.1 Å². The maximum atomic E-state index is 13.2. The Morgan fingerprint density at radius 2 is 1.86 bits per heavy atom. The van der Waals surface area contributed by atoms with Crippen LogP contribution in [0.1, 0.15) is 44.0 Å². The Balaban J connectivity index is 1.23. The zero-order chi connectivity index (χ0) is 25.4. The van der Waals surface area contributed by atoms with E-state index in [9.17, 15) is 24.0 Å². The first-order valence-electron chi connectivity index (χ1n) is 11.6. The van der Waals surface area contributed by atoms with Gasteiger partial charge in [0.2, 0.25) is 11.8 Å². The number of hydrogen-bond donors (Lipinski definition) is 3. The largest absolute Gasteiger partial charge is 0.372 e. The summed E-state index contributed by atoms with van der Waals surface area (Å²) in [5, 5.41) is 5.47. The van der Waals surface area contributed by atoms with Crippen molar-refractivity contribution in [3.05, 3.63) is 53.3 Å². The molecule has 1 atom stereocenters. The van der Waals surface area contributed by atoms with E-state index in [0.29, 0.717) is 12.4 Å². The van der Waals surface area contributed by atoms with E-state index in [0.717, 1.165) is 36.8 Å². The minimum absolute atomic E-state index is 0.0736. The third-order valence-electron chi connectivity index (χ3n) is 6.69. The smallest absolute Gasteiger partial charge is 0.267 e. The maximum absolute atomic E-state index is 13.2. The van der Waals surface area contributed by atoms with Crippen LogP contribution in [0.25, 0.3) is 0 Å². The van der Waals surface area contributed by atoms with Crippen LogP contribution in [0.3, 0.4) is 0 Å². The molecule has 12 heteroatoms. The van der Waals surface area contributed by atoms with E-state index in [-0.39, 0.29) is 29.7 Å². The minimum atomic E-state index is -1.00. The Hall–Kier alpha value is -4.32. The van der Waals surface area contributed by atoms with Gasteiger partial charge in [-0.25, -0.2) is 0 Å². The molecular formula is C24H25N7O5. The van der Waals surface area contributed by atoms with Crippen molar-refractivity contribution in [3.8, 4) is 0 Å². The van der Waals surface area contributed by atoms with Crippen molar-refractivity contribution in [1.29, 1.82) is 0 Å². The molecule has 0 bridgehead atoms. The fraction of sp³-hybridized carbons (Fsp3) is 0.333. The first-order valence-corrected chi connectivity index (χ1v) is 11.6. The first-order chi connectivity index (χ1) is 17.3. The molecule has 2 fully saturated rings. The number of primary amides is 1. The first kappa shape index (κ1) is 23.4. The molecule has 0 saturated carbocycles. The number of benzene rings is 1. The third kappa shape index (κ3) is 4.26. The number of hydrogen-bond acceptors (Lipinski definition) is 9. The van der Waals surface area contributed by atoms with Gasteiger partial charge in [-0.1, -0.05) is 6.07 Å². The van der Waals surface area contributed by atoms with E-state index < -0.39 is 35.6 Å².